The SMILES string of the molecule is Cc1ccc(C2c3c(c4ccccc4oc3=O)Oc3ncn4nc(-c5ccccn5)nc4c32)o1. The average molecular weight is 449 g/mol. The van der Waals surface area contributed by atoms with E-state index in [1.807, 2.05) is 49.4 Å². The average Bonchev–Trinajstić information content (AvgIpc) is 3.50. The van der Waals surface area contributed by atoms with E-state index in [4.69, 9.17) is 18.6 Å². The molecule has 9 nitrogen and oxygen atoms in total. The lowest BCUT2D eigenvalue weighted by Crippen LogP contribution is -2.22. The number of ether oxygens (including phenoxy) is 1. The van der Waals surface area contributed by atoms with Crippen LogP contribution in [0, 0.1) is 6.92 Å². The van der Waals surface area contributed by atoms with Crippen LogP contribution in [0.4, 0.5) is 0 Å². The van der Waals surface area contributed by atoms with Crippen molar-refractivity contribution in [1.82, 2.24) is 24.6 Å². The van der Waals surface area contributed by atoms with Crippen LogP contribution in [-0.4, -0.2) is 24.6 Å². The van der Waals surface area contributed by atoms with Crippen LogP contribution in [0.3, 0.4) is 0 Å². The number of nitrogens with zero attached hydrogens (tertiary/aromatic N) is 5. The second-order valence-corrected chi connectivity index (χ2v) is 7.99. The molecule has 0 spiro atoms. The molecule has 164 valence electrons. The predicted molar refractivity (Wildman–Crippen MR) is 121 cm³/mol. The monoisotopic (exact) mass is 449 g/mol. The van der Waals surface area contributed by atoms with Crippen molar-refractivity contribution in [2.75, 3.05) is 0 Å². The summed E-state index contributed by atoms with van der Waals surface area (Å²) in [5, 5.41) is 5.22. The maximum absolute atomic E-state index is 13.3. The van der Waals surface area contributed by atoms with Crippen LogP contribution in [0.5, 0.6) is 11.6 Å². The first kappa shape index (κ1) is 18.8. The Morgan fingerprint density at radius 1 is 0.941 bits per heavy atom. The van der Waals surface area contributed by atoms with Crippen molar-refractivity contribution in [2.45, 2.75) is 12.8 Å². The first-order valence-corrected chi connectivity index (χ1v) is 10.6. The minimum atomic E-state index is -0.648. The molecule has 1 unspecified atom stereocenters. The molecule has 6 aromatic rings. The summed E-state index contributed by atoms with van der Waals surface area (Å²) in [6, 6.07) is 16.5. The second kappa shape index (κ2) is 6.85. The van der Waals surface area contributed by atoms with E-state index in [9.17, 15) is 4.79 Å². The Labute approximate surface area is 191 Å². The van der Waals surface area contributed by atoms with Gasteiger partial charge in [0, 0.05) is 6.20 Å². The second-order valence-electron chi connectivity index (χ2n) is 7.99. The van der Waals surface area contributed by atoms with E-state index in [-0.39, 0.29) is 0 Å². The lowest BCUT2D eigenvalue weighted by Gasteiger charge is -2.25. The fraction of sp³-hybridized carbons (Fsp3) is 0.0800. The maximum Gasteiger partial charge on any atom is 0.344 e. The minimum absolute atomic E-state index is 0.328. The van der Waals surface area contributed by atoms with E-state index in [0.717, 1.165) is 0 Å². The van der Waals surface area contributed by atoms with Gasteiger partial charge in [0.25, 0.3) is 0 Å². The van der Waals surface area contributed by atoms with E-state index in [2.05, 4.69) is 15.1 Å². The molecule has 0 bridgehead atoms. The van der Waals surface area contributed by atoms with Gasteiger partial charge in [-0.15, -0.1) is 5.10 Å². The maximum atomic E-state index is 13.3. The third-order valence-electron chi connectivity index (χ3n) is 5.90. The summed E-state index contributed by atoms with van der Waals surface area (Å²) in [5.74, 6) is 1.79. The van der Waals surface area contributed by atoms with E-state index in [1.165, 1.54) is 6.33 Å². The molecule has 9 heteroatoms. The summed E-state index contributed by atoms with van der Waals surface area (Å²) in [4.78, 5) is 26.9. The van der Waals surface area contributed by atoms with Gasteiger partial charge in [0.1, 0.15) is 29.1 Å². The molecule has 0 fully saturated rings. The molecule has 1 aliphatic heterocycles. The number of fused-ring (bicyclic) bond motifs is 6. The fourth-order valence-electron chi connectivity index (χ4n) is 4.43. The van der Waals surface area contributed by atoms with Crippen molar-refractivity contribution in [1.29, 1.82) is 0 Å². The van der Waals surface area contributed by atoms with Gasteiger partial charge in [-0.05, 0) is 43.3 Å². The highest BCUT2D eigenvalue weighted by molar-refractivity contribution is 5.86. The number of rotatable bonds is 2. The van der Waals surface area contributed by atoms with E-state index in [0.29, 0.717) is 62.4 Å². The normalized spacial score (nSPS) is 14.7. The Hall–Kier alpha value is -4.79. The topological polar surface area (TPSA) is 109 Å². The van der Waals surface area contributed by atoms with Gasteiger partial charge in [-0.2, -0.15) is 0 Å². The summed E-state index contributed by atoms with van der Waals surface area (Å²) in [6.07, 6.45) is 3.22. The first-order chi connectivity index (χ1) is 16.7. The quantitative estimate of drug-likeness (QED) is 0.356. The summed E-state index contributed by atoms with van der Waals surface area (Å²) in [7, 11) is 0. The summed E-state index contributed by atoms with van der Waals surface area (Å²) < 4.78 is 19.5. The number of aromatic nitrogens is 5. The van der Waals surface area contributed by atoms with Crippen molar-refractivity contribution in [3.63, 3.8) is 0 Å². The number of hydrogen-bond donors (Lipinski definition) is 0. The molecule has 0 saturated carbocycles. The van der Waals surface area contributed by atoms with Crippen molar-refractivity contribution in [3.05, 3.63) is 100 Å². The first-order valence-electron chi connectivity index (χ1n) is 10.6. The van der Waals surface area contributed by atoms with Gasteiger partial charge < -0.3 is 13.6 Å². The largest absolute Gasteiger partial charge is 0.465 e. The lowest BCUT2D eigenvalue weighted by atomic mass is 9.88. The van der Waals surface area contributed by atoms with Gasteiger partial charge in [0.2, 0.25) is 11.7 Å². The minimum Gasteiger partial charge on any atom is -0.465 e. The number of pyridine rings is 1. The van der Waals surface area contributed by atoms with Crippen LogP contribution in [0.25, 0.3) is 28.1 Å². The van der Waals surface area contributed by atoms with Gasteiger partial charge in [0.05, 0.1) is 22.4 Å². The molecular formula is C25H15N5O4. The highest BCUT2D eigenvalue weighted by Crippen LogP contribution is 2.49. The zero-order valence-electron chi connectivity index (χ0n) is 17.8. The van der Waals surface area contributed by atoms with E-state index in [1.54, 1.807) is 22.8 Å². The molecule has 0 aliphatic carbocycles. The van der Waals surface area contributed by atoms with Crippen LogP contribution < -0.4 is 10.4 Å². The molecular weight excluding hydrogens is 434 g/mol. The Morgan fingerprint density at radius 3 is 2.65 bits per heavy atom. The van der Waals surface area contributed by atoms with Crippen molar-refractivity contribution < 1.29 is 13.6 Å². The Kier molecular flexibility index (Phi) is 3.78. The van der Waals surface area contributed by atoms with E-state index < -0.39 is 11.5 Å². The Morgan fingerprint density at radius 2 is 1.82 bits per heavy atom. The van der Waals surface area contributed by atoms with Crippen molar-refractivity contribution >= 4 is 16.6 Å². The van der Waals surface area contributed by atoms with Crippen LogP contribution in [0.1, 0.15) is 28.6 Å². The van der Waals surface area contributed by atoms with Crippen LogP contribution in [-0.2, 0) is 0 Å². The Bertz CT molecular complexity index is 1780. The molecule has 0 radical (unpaired) electrons. The lowest BCUT2D eigenvalue weighted by molar-refractivity contribution is 0.402. The molecule has 1 aromatic carbocycles. The molecule has 6 heterocycles. The number of furan rings is 1. The zero-order chi connectivity index (χ0) is 22.8. The molecule has 34 heavy (non-hydrogen) atoms. The standard InChI is InChI=1S/C25H15N5O4/c1-13-9-10-17(32-13)18-19-21(14-6-2-3-8-16(14)33-25(19)31)34-24-20(18)23-28-22(29-30(23)12-27-24)15-7-4-5-11-26-15/h2-12,18H,1H3. The van der Waals surface area contributed by atoms with Crippen molar-refractivity contribution in [2.24, 2.45) is 0 Å². The number of hydrogen-bond acceptors (Lipinski definition) is 8. The molecule has 0 amide bonds. The predicted octanol–water partition coefficient (Wildman–Crippen LogP) is 4.48. The van der Waals surface area contributed by atoms with Gasteiger partial charge in [-0.25, -0.2) is 19.3 Å². The molecule has 7 rings (SSSR count). The highest BCUT2D eigenvalue weighted by Gasteiger charge is 2.39. The summed E-state index contributed by atoms with van der Waals surface area (Å²) >= 11 is 0. The van der Waals surface area contributed by atoms with Crippen LogP contribution in [0.15, 0.2) is 80.8 Å². The fourth-order valence-corrected chi connectivity index (χ4v) is 4.43. The summed E-state index contributed by atoms with van der Waals surface area (Å²) in [5.41, 5.74) is 1.94. The summed E-state index contributed by atoms with van der Waals surface area (Å²) in [6.45, 7) is 1.85. The number of aryl methyl sites for hydroxylation is 1. The number of para-hydroxylation sites is 1. The Balaban J connectivity index is 1.56. The van der Waals surface area contributed by atoms with Gasteiger partial charge in [-0.3, -0.25) is 4.98 Å². The highest BCUT2D eigenvalue weighted by atomic mass is 16.5. The van der Waals surface area contributed by atoms with E-state index >= 15 is 0 Å². The molecule has 0 N–H and O–H groups in total. The third-order valence-corrected chi connectivity index (χ3v) is 5.90. The molecule has 0 saturated heterocycles. The zero-order valence-corrected chi connectivity index (χ0v) is 17.8. The third kappa shape index (κ3) is 2.64. The van der Waals surface area contributed by atoms with Crippen molar-refractivity contribution in [3.8, 4) is 23.1 Å². The molecule has 1 atom stereocenters. The van der Waals surface area contributed by atoms with Gasteiger partial charge in [0.15, 0.2) is 11.4 Å². The van der Waals surface area contributed by atoms with Crippen LogP contribution in [0.2, 0.25) is 0 Å². The smallest absolute Gasteiger partial charge is 0.344 e. The van der Waals surface area contributed by atoms with Gasteiger partial charge in [-0.1, -0.05) is 18.2 Å². The molecule has 1 aliphatic rings. The van der Waals surface area contributed by atoms with Crippen LogP contribution >= 0.6 is 0 Å². The van der Waals surface area contributed by atoms with Gasteiger partial charge >= 0.3 is 5.63 Å². The number of benzene rings is 1. The molecule has 5 aromatic heterocycles.